The van der Waals surface area contributed by atoms with E-state index in [-0.39, 0.29) is 11.3 Å². The van der Waals surface area contributed by atoms with Gasteiger partial charge in [0.15, 0.2) is 0 Å². The summed E-state index contributed by atoms with van der Waals surface area (Å²) in [5.74, 6) is -0.0765. The molecule has 1 fully saturated rings. The third-order valence-electron chi connectivity index (χ3n) is 4.57. The van der Waals surface area contributed by atoms with Gasteiger partial charge in [0.2, 0.25) is 0 Å². The Morgan fingerprint density at radius 3 is 2.83 bits per heavy atom. The summed E-state index contributed by atoms with van der Waals surface area (Å²) >= 11 is 0. The average molecular weight is 306 g/mol. The fourth-order valence-corrected chi connectivity index (χ4v) is 2.99. The second-order valence-corrected chi connectivity index (χ2v) is 6.31. The molecule has 0 spiro atoms. The van der Waals surface area contributed by atoms with Gasteiger partial charge in [-0.1, -0.05) is 30.3 Å². The Balaban J connectivity index is 1.44. The Hall–Kier alpha value is -2.69. The highest BCUT2D eigenvalue weighted by molar-refractivity contribution is 6.00. The molecule has 23 heavy (non-hydrogen) atoms. The van der Waals surface area contributed by atoms with E-state index in [1.807, 2.05) is 6.07 Å². The summed E-state index contributed by atoms with van der Waals surface area (Å²) in [5, 5.41) is 7.26. The van der Waals surface area contributed by atoms with Crippen molar-refractivity contribution < 1.29 is 4.79 Å². The molecule has 1 N–H and O–H groups in total. The Labute approximate surface area is 134 Å². The predicted molar refractivity (Wildman–Crippen MR) is 87.1 cm³/mol. The standard InChI is InChI=1S/C18H18N4O/c23-17(15-11-21-22-9-8-19-12-16(15)22)20-13-18(6-7-18)10-14-4-2-1-3-5-14/h1-5,8-9,11-12H,6-7,10,13H2,(H,20,23). The summed E-state index contributed by atoms with van der Waals surface area (Å²) < 4.78 is 1.67. The summed E-state index contributed by atoms with van der Waals surface area (Å²) in [6.07, 6.45) is 10.0. The molecule has 0 bridgehead atoms. The van der Waals surface area contributed by atoms with Gasteiger partial charge in [0, 0.05) is 18.9 Å². The summed E-state index contributed by atoms with van der Waals surface area (Å²) in [5.41, 5.74) is 2.86. The predicted octanol–water partition coefficient (Wildman–Crippen LogP) is 2.48. The number of benzene rings is 1. The van der Waals surface area contributed by atoms with Crippen LogP contribution < -0.4 is 5.32 Å². The van der Waals surface area contributed by atoms with Gasteiger partial charge in [-0.3, -0.25) is 9.78 Å². The molecular formula is C18H18N4O. The van der Waals surface area contributed by atoms with E-state index in [9.17, 15) is 4.79 Å². The molecule has 1 aromatic carbocycles. The largest absolute Gasteiger partial charge is 0.351 e. The number of carbonyl (C=O) groups is 1. The molecule has 0 radical (unpaired) electrons. The van der Waals surface area contributed by atoms with E-state index in [4.69, 9.17) is 0 Å². The molecule has 0 saturated heterocycles. The van der Waals surface area contributed by atoms with Gasteiger partial charge in [0.05, 0.1) is 23.5 Å². The van der Waals surface area contributed by atoms with Gasteiger partial charge >= 0.3 is 0 Å². The highest BCUT2D eigenvalue weighted by Crippen LogP contribution is 2.47. The molecular weight excluding hydrogens is 288 g/mol. The molecule has 0 aliphatic heterocycles. The molecule has 1 saturated carbocycles. The Bertz CT molecular complexity index is 836. The van der Waals surface area contributed by atoms with Gasteiger partial charge in [-0.25, -0.2) is 4.52 Å². The lowest BCUT2D eigenvalue weighted by molar-refractivity contribution is 0.0946. The van der Waals surface area contributed by atoms with Crippen molar-refractivity contribution in [3.05, 3.63) is 66.2 Å². The molecule has 5 heteroatoms. The van der Waals surface area contributed by atoms with E-state index >= 15 is 0 Å². The zero-order valence-electron chi connectivity index (χ0n) is 12.8. The van der Waals surface area contributed by atoms with E-state index in [2.05, 4.69) is 39.7 Å². The van der Waals surface area contributed by atoms with E-state index < -0.39 is 0 Å². The number of aromatic nitrogens is 3. The quantitative estimate of drug-likeness (QED) is 0.788. The number of hydrogen-bond acceptors (Lipinski definition) is 3. The number of amides is 1. The van der Waals surface area contributed by atoms with Crippen LogP contribution in [0, 0.1) is 5.41 Å². The Morgan fingerprint density at radius 1 is 1.22 bits per heavy atom. The topological polar surface area (TPSA) is 59.3 Å². The lowest BCUT2D eigenvalue weighted by atomic mass is 9.96. The van der Waals surface area contributed by atoms with Crippen LogP contribution in [-0.2, 0) is 6.42 Å². The summed E-state index contributed by atoms with van der Waals surface area (Å²) in [7, 11) is 0. The minimum Gasteiger partial charge on any atom is -0.351 e. The van der Waals surface area contributed by atoms with Gasteiger partial charge in [-0.15, -0.1) is 0 Å². The van der Waals surface area contributed by atoms with Crippen molar-refractivity contribution in [3.63, 3.8) is 0 Å². The van der Waals surface area contributed by atoms with E-state index in [0.717, 1.165) is 11.9 Å². The molecule has 1 aliphatic carbocycles. The van der Waals surface area contributed by atoms with Crippen molar-refractivity contribution in [2.75, 3.05) is 6.54 Å². The summed E-state index contributed by atoms with van der Waals surface area (Å²) in [4.78, 5) is 16.5. The van der Waals surface area contributed by atoms with E-state index in [1.165, 1.54) is 18.4 Å². The fraction of sp³-hybridized carbons (Fsp3) is 0.278. The zero-order chi connectivity index (χ0) is 15.7. The van der Waals surface area contributed by atoms with Crippen LogP contribution in [0.5, 0.6) is 0 Å². The molecule has 4 rings (SSSR count). The van der Waals surface area contributed by atoms with Gasteiger partial charge in [0.1, 0.15) is 0 Å². The summed E-state index contributed by atoms with van der Waals surface area (Å²) in [6, 6.07) is 10.5. The van der Waals surface area contributed by atoms with Crippen molar-refractivity contribution >= 4 is 11.4 Å². The first-order valence-electron chi connectivity index (χ1n) is 7.85. The highest BCUT2D eigenvalue weighted by Gasteiger charge is 2.42. The minimum atomic E-state index is -0.0765. The number of hydrogen-bond donors (Lipinski definition) is 1. The molecule has 0 atom stereocenters. The first-order valence-corrected chi connectivity index (χ1v) is 7.85. The van der Waals surface area contributed by atoms with Crippen LogP contribution in [0.1, 0.15) is 28.8 Å². The molecule has 5 nitrogen and oxygen atoms in total. The number of nitrogens with zero attached hydrogens (tertiary/aromatic N) is 3. The Kier molecular flexibility index (Phi) is 3.33. The monoisotopic (exact) mass is 306 g/mol. The first-order chi connectivity index (χ1) is 11.3. The SMILES string of the molecule is O=C(NCC1(Cc2ccccc2)CC1)c1cnn2ccncc12. The van der Waals surface area contributed by atoms with Crippen LogP contribution in [0.4, 0.5) is 0 Å². The van der Waals surface area contributed by atoms with Crippen LogP contribution in [0.15, 0.2) is 55.1 Å². The molecule has 116 valence electrons. The number of rotatable bonds is 5. The van der Waals surface area contributed by atoms with Crippen molar-refractivity contribution in [2.24, 2.45) is 5.41 Å². The molecule has 2 heterocycles. The normalized spacial score (nSPS) is 15.5. The number of carbonyl (C=O) groups excluding carboxylic acids is 1. The van der Waals surface area contributed by atoms with Crippen LogP contribution in [0.2, 0.25) is 0 Å². The van der Waals surface area contributed by atoms with Gasteiger partial charge in [-0.2, -0.15) is 5.10 Å². The van der Waals surface area contributed by atoms with Crippen LogP contribution in [0.25, 0.3) is 5.52 Å². The molecule has 0 unspecified atom stereocenters. The zero-order valence-corrected chi connectivity index (χ0v) is 12.8. The number of fused-ring (bicyclic) bond motifs is 1. The second kappa shape index (κ2) is 5.50. The number of nitrogens with one attached hydrogen (secondary N) is 1. The molecule has 3 aromatic rings. The molecule has 1 amide bonds. The van der Waals surface area contributed by atoms with Crippen molar-refractivity contribution in [1.29, 1.82) is 0 Å². The van der Waals surface area contributed by atoms with Crippen LogP contribution in [0.3, 0.4) is 0 Å². The Morgan fingerprint density at radius 2 is 2.04 bits per heavy atom. The molecule has 2 aromatic heterocycles. The second-order valence-electron chi connectivity index (χ2n) is 6.31. The summed E-state index contributed by atoms with van der Waals surface area (Å²) in [6.45, 7) is 0.707. The van der Waals surface area contributed by atoms with Crippen LogP contribution >= 0.6 is 0 Å². The van der Waals surface area contributed by atoms with Crippen LogP contribution in [-0.4, -0.2) is 27.0 Å². The average Bonchev–Trinajstić information content (AvgIpc) is 3.21. The van der Waals surface area contributed by atoms with Crippen molar-refractivity contribution in [3.8, 4) is 0 Å². The maximum absolute atomic E-state index is 12.5. The smallest absolute Gasteiger partial charge is 0.255 e. The maximum Gasteiger partial charge on any atom is 0.255 e. The minimum absolute atomic E-state index is 0.0765. The van der Waals surface area contributed by atoms with Crippen molar-refractivity contribution in [2.45, 2.75) is 19.3 Å². The van der Waals surface area contributed by atoms with Crippen molar-refractivity contribution in [1.82, 2.24) is 19.9 Å². The van der Waals surface area contributed by atoms with E-state index in [1.54, 1.807) is 29.3 Å². The third-order valence-corrected chi connectivity index (χ3v) is 4.57. The van der Waals surface area contributed by atoms with Gasteiger partial charge in [0.25, 0.3) is 5.91 Å². The third kappa shape index (κ3) is 2.82. The lowest BCUT2D eigenvalue weighted by Gasteiger charge is -2.16. The van der Waals surface area contributed by atoms with Gasteiger partial charge in [-0.05, 0) is 30.2 Å². The lowest BCUT2D eigenvalue weighted by Crippen LogP contribution is -2.31. The first kappa shape index (κ1) is 13.9. The highest BCUT2D eigenvalue weighted by atomic mass is 16.1. The fourth-order valence-electron chi connectivity index (χ4n) is 2.99. The molecule has 1 aliphatic rings. The van der Waals surface area contributed by atoms with Gasteiger partial charge < -0.3 is 5.32 Å². The maximum atomic E-state index is 12.5. The van der Waals surface area contributed by atoms with E-state index in [0.29, 0.717) is 12.1 Å².